The molecule has 0 saturated heterocycles. The first-order chi connectivity index (χ1) is 3.66. The Morgan fingerprint density at radius 2 is 2.38 bits per heavy atom. The van der Waals surface area contributed by atoms with Crippen molar-refractivity contribution >= 4 is 11.1 Å². The van der Waals surface area contributed by atoms with Crippen LogP contribution in [0.4, 0.5) is 0 Å². The Morgan fingerprint density at radius 1 is 1.88 bits per heavy atom. The molecular formula is C5H10O2S. The van der Waals surface area contributed by atoms with Crippen LogP contribution in [-0.2, 0) is 15.3 Å². The van der Waals surface area contributed by atoms with E-state index in [0.29, 0.717) is 5.75 Å². The summed E-state index contributed by atoms with van der Waals surface area (Å²) < 4.78 is 14.9. The Morgan fingerprint density at radius 3 is 2.50 bits per heavy atom. The maximum Gasteiger partial charge on any atom is 0.159 e. The fourth-order valence-electron chi connectivity index (χ4n) is 0.260. The summed E-state index contributed by atoms with van der Waals surface area (Å²) in [7, 11) is 1.42. The molecule has 8 heavy (non-hydrogen) atoms. The highest BCUT2D eigenvalue weighted by Crippen LogP contribution is 1.91. The van der Waals surface area contributed by atoms with Gasteiger partial charge in [-0.2, -0.15) is 0 Å². The minimum absolute atomic E-state index is 0.441. The summed E-state index contributed by atoms with van der Waals surface area (Å²) in [6, 6.07) is 0. The Bertz CT molecular complexity index is 109. The zero-order valence-corrected chi connectivity index (χ0v) is 5.96. The highest BCUT2D eigenvalue weighted by molar-refractivity contribution is 7.80. The molecule has 0 amide bonds. The number of rotatable bonds is 3. The van der Waals surface area contributed by atoms with Crippen LogP contribution in [0.2, 0.25) is 0 Å². The molecule has 0 heterocycles. The standard InChI is InChI=1S/C5H10O2S/c1-5(2)4-8(6)7-3/h1,4H2,2-3H3. The molecule has 1 atom stereocenters. The van der Waals surface area contributed by atoms with Crippen molar-refractivity contribution < 1.29 is 8.39 Å². The minimum atomic E-state index is -1.16. The molecular weight excluding hydrogens is 124 g/mol. The van der Waals surface area contributed by atoms with Gasteiger partial charge < -0.3 is 0 Å². The predicted octanol–water partition coefficient (Wildman–Crippen LogP) is 0.873. The Hall–Kier alpha value is -0.150. The molecule has 48 valence electrons. The molecule has 0 N–H and O–H groups in total. The highest BCUT2D eigenvalue weighted by atomic mass is 32.2. The van der Waals surface area contributed by atoms with Crippen LogP contribution in [0.3, 0.4) is 0 Å². The maximum absolute atomic E-state index is 10.5. The van der Waals surface area contributed by atoms with E-state index in [4.69, 9.17) is 0 Å². The molecule has 3 heteroatoms. The first kappa shape index (κ1) is 7.85. The van der Waals surface area contributed by atoms with E-state index in [9.17, 15) is 4.21 Å². The van der Waals surface area contributed by atoms with Crippen molar-refractivity contribution in [3.05, 3.63) is 12.2 Å². The van der Waals surface area contributed by atoms with Crippen LogP contribution >= 0.6 is 0 Å². The summed E-state index contributed by atoms with van der Waals surface area (Å²) in [6.07, 6.45) is 0. The normalized spacial score (nSPS) is 13.2. The Balaban J connectivity index is 3.40. The van der Waals surface area contributed by atoms with Crippen molar-refractivity contribution in [1.29, 1.82) is 0 Å². The molecule has 0 radical (unpaired) electrons. The van der Waals surface area contributed by atoms with E-state index in [-0.39, 0.29) is 0 Å². The van der Waals surface area contributed by atoms with Crippen LogP contribution in [0.25, 0.3) is 0 Å². The van der Waals surface area contributed by atoms with Crippen molar-refractivity contribution in [2.24, 2.45) is 0 Å². The third-order valence-electron chi connectivity index (χ3n) is 0.550. The lowest BCUT2D eigenvalue weighted by Gasteiger charge is -1.94. The monoisotopic (exact) mass is 134 g/mol. The van der Waals surface area contributed by atoms with Gasteiger partial charge in [-0.25, -0.2) is 4.21 Å². The van der Waals surface area contributed by atoms with E-state index >= 15 is 0 Å². The molecule has 0 aliphatic carbocycles. The van der Waals surface area contributed by atoms with Crippen LogP contribution in [0.5, 0.6) is 0 Å². The molecule has 0 aromatic carbocycles. The zero-order chi connectivity index (χ0) is 6.57. The van der Waals surface area contributed by atoms with Crippen molar-refractivity contribution in [2.45, 2.75) is 6.92 Å². The second-order valence-corrected chi connectivity index (χ2v) is 2.80. The average Bonchev–Trinajstić information content (AvgIpc) is 1.65. The largest absolute Gasteiger partial charge is 0.294 e. The topological polar surface area (TPSA) is 26.3 Å². The molecule has 0 saturated carbocycles. The second-order valence-electron chi connectivity index (χ2n) is 1.57. The lowest BCUT2D eigenvalue weighted by molar-refractivity contribution is 0.447. The number of hydrogen-bond acceptors (Lipinski definition) is 2. The third kappa shape index (κ3) is 4.02. The van der Waals surface area contributed by atoms with Gasteiger partial charge in [0.2, 0.25) is 0 Å². The van der Waals surface area contributed by atoms with Crippen LogP contribution in [0.1, 0.15) is 6.92 Å². The maximum atomic E-state index is 10.5. The second kappa shape index (κ2) is 3.80. The molecule has 0 spiro atoms. The van der Waals surface area contributed by atoms with Gasteiger partial charge in [0.15, 0.2) is 11.1 Å². The van der Waals surface area contributed by atoms with E-state index in [0.717, 1.165) is 5.57 Å². The predicted molar refractivity (Wildman–Crippen MR) is 34.8 cm³/mol. The van der Waals surface area contributed by atoms with Crippen molar-refractivity contribution in [3.63, 3.8) is 0 Å². The van der Waals surface area contributed by atoms with Gasteiger partial charge in [-0.15, -0.1) is 0 Å². The minimum Gasteiger partial charge on any atom is -0.294 e. The Labute approximate surface area is 52.2 Å². The van der Waals surface area contributed by atoms with Crippen LogP contribution in [0, 0.1) is 0 Å². The summed E-state index contributed by atoms with van der Waals surface area (Å²) in [6.45, 7) is 5.39. The molecule has 0 aromatic rings. The van der Waals surface area contributed by atoms with Gasteiger partial charge in [-0.1, -0.05) is 12.2 Å². The van der Waals surface area contributed by atoms with Gasteiger partial charge in [0, 0.05) is 0 Å². The van der Waals surface area contributed by atoms with E-state index in [2.05, 4.69) is 10.8 Å². The smallest absolute Gasteiger partial charge is 0.159 e. The Kier molecular flexibility index (Phi) is 3.73. The third-order valence-corrected chi connectivity index (χ3v) is 1.65. The van der Waals surface area contributed by atoms with Gasteiger partial charge >= 0.3 is 0 Å². The van der Waals surface area contributed by atoms with Gasteiger partial charge in [-0.3, -0.25) is 4.18 Å². The van der Waals surface area contributed by atoms with E-state index in [1.807, 2.05) is 6.92 Å². The molecule has 0 aliphatic heterocycles. The van der Waals surface area contributed by atoms with Crippen LogP contribution in [0.15, 0.2) is 12.2 Å². The molecule has 0 fully saturated rings. The molecule has 1 unspecified atom stereocenters. The molecule has 0 aromatic heterocycles. The van der Waals surface area contributed by atoms with E-state index in [1.54, 1.807) is 0 Å². The summed E-state index contributed by atoms with van der Waals surface area (Å²) >= 11 is -1.16. The zero-order valence-electron chi connectivity index (χ0n) is 5.14. The van der Waals surface area contributed by atoms with Crippen LogP contribution < -0.4 is 0 Å². The van der Waals surface area contributed by atoms with E-state index in [1.165, 1.54) is 7.11 Å². The van der Waals surface area contributed by atoms with Gasteiger partial charge in [-0.05, 0) is 6.92 Å². The summed E-state index contributed by atoms with van der Waals surface area (Å²) in [5, 5.41) is 0. The molecule has 0 rings (SSSR count). The first-order valence-electron chi connectivity index (χ1n) is 2.24. The highest BCUT2D eigenvalue weighted by Gasteiger charge is 1.93. The van der Waals surface area contributed by atoms with Crippen LogP contribution in [-0.4, -0.2) is 17.1 Å². The average molecular weight is 134 g/mol. The quantitative estimate of drug-likeness (QED) is 0.535. The molecule has 2 nitrogen and oxygen atoms in total. The number of hydrogen-bond donors (Lipinski definition) is 0. The SMILES string of the molecule is C=C(C)CS(=O)OC. The fourth-order valence-corrected chi connectivity index (χ4v) is 0.780. The molecule has 0 aliphatic rings. The van der Waals surface area contributed by atoms with Gasteiger partial charge in [0.05, 0.1) is 12.9 Å². The van der Waals surface area contributed by atoms with Gasteiger partial charge in [0.25, 0.3) is 0 Å². The first-order valence-corrected chi connectivity index (χ1v) is 3.48. The molecule has 0 bridgehead atoms. The fraction of sp³-hybridized carbons (Fsp3) is 0.600. The van der Waals surface area contributed by atoms with Crippen molar-refractivity contribution in [3.8, 4) is 0 Å². The summed E-state index contributed by atoms with van der Waals surface area (Å²) in [4.78, 5) is 0. The lowest BCUT2D eigenvalue weighted by Crippen LogP contribution is -1.98. The lowest BCUT2D eigenvalue weighted by atomic mass is 10.4. The van der Waals surface area contributed by atoms with E-state index < -0.39 is 11.1 Å². The summed E-state index contributed by atoms with van der Waals surface area (Å²) in [5.74, 6) is 0.441. The van der Waals surface area contributed by atoms with Crippen molar-refractivity contribution in [1.82, 2.24) is 0 Å². The van der Waals surface area contributed by atoms with Gasteiger partial charge in [0.1, 0.15) is 0 Å². The summed E-state index contributed by atoms with van der Waals surface area (Å²) in [5.41, 5.74) is 0.880. The van der Waals surface area contributed by atoms with Crippen molar-refractivity contribution in [2.75, 3.05) is 12.9 Å².